The van der Waals surface area contributed by atoms with Gasteiger partial charge in [0.1, 0.15) is 0 Å². The van der Waals surface area contributed by atoms with Gasteiger partial charge in [0.05, 0.1) is 11.7 Å². The van der Waals surface area contributed by atoms with E-state index in [4.69, 9.17) is 0 Å². The molecular formula is C12H12BrF3O. The van der Waals surface area contributed by atoms with Gasteiger partial charge >= 0.3 is 6.18 Å². The Balaban J connectivity index is 2.31. The first-order valence-corrected chi connectivity index (χ1v) is 6.23. The fraction of sp³-hybridized carbons (Fsp3) is 0.500. The van der Waals surface area contributed by atoms with Crippen LogP contribution in [0.5, 0.6) is 0 Å². The fourth-order valence-corrected chi connectivity index (χ4v) is 2.44. The van der Waals surface area contributed by atoms with Gasteiger partial charge in [-0.3, -0.25) is 0 Å². The van der Waals surface area contributed by atoms with E-state index >= 15 is 0 Å². The number of rotatable bonds is 2. The lowest BCUT2D eigenvalue weighted by Gasteiger charge is -2.31. The van der Waals surface area contributed by atoms with Crippen molar-refractivity contribution >= 4 is 15.9 Å². The van der Waals surface area contributed by atoms with Crippen LogP contribution in [0.4, 0.5) is 13.2 Å². The summed E-state index contributed by atoms with van der Waals surface area (Å²) in [5.41, 5.74) is -0.376. The molecule has 1 saturated carbocycles. The Morgan fingerprint density at radius 3 is 2.41 bits per heavy atom. The Morgan fingerprint density at radius 2 is 1.94 bits per heavy atom. The molecule has 0 spiro atoms. The van der Waals surface area contributed by atoms with E-state index in [1.54, 1.807) is 0 Å². The monoisotopic (exact) mass is 308 g/mol. The molecule has 94 valence electrons. The molecule has 1 unspecified atom stereocenters. The average Bonchev–Trinajstić information content (AvgIpc) is 2.13. The zero-order valence-corrected chi connectivity index (χ0v) is 10.6. The van der Waals surface area contributed by atoms with E-state index in [-0.39, 0.29) is 5.92 Å². The third-order valence-corrected chi connectivity index (χ3v) is 3.96. The molecule has 0 bridgehead atoms. The van der Waals surface area contributed by atoms with Crippen LogP contribution in [0.3, 0.4) is 0 Å². The minimum absolute atomic E-state index is 0.0924. The number of aliphatic hydroxyl groups excluding tert-OH is 1. The fourth-order valence-electron chi connectivity index (χ4n) is 1.96. The third kappa shape index (κ3) is 2.65. The first-order valence-electron chi connectivity index (χ1n) is 5.44. The summed E-state index contributed by atoms with van der Waals surface area (Å²) >= 11 is 3.19. The average molecular weight is 309 g/mol. The summed E-state index contributed by atoms with van der Waals surface area (Å²) in [4.78, 5) is 0. The Bertz CT molecular complexity index is 413. The van der Waals surface area contributed by atoms with Gasteiger partial charge in [0.15, 0.2) is 0 Å². The van der Waals surface area contributed by atoms with Crippen molar-refractivity contribution in [1.82, 2.24) is 0 Å². The van der Waals surface area contributed by atoms with Gasteiger partial charge in [0.2, 0.25) is 0 Å². The zero-order chi connectivity index (χ0) is 12.6. The molecule has 1 aliphatic rings. The standard InChI is InChI=1S/C12H12BrF3O/c13-10-5-4-8(12(14,15)16)6-9(10)11(17)7-2-1-3-7/h4-7,11,17H,1-3H2. The summed E-state index contributed by atoms with van der Waals surface area (Å²) in [5.74, 6) is 0.0924. The van der Waals surface area contributed by atoms with Crippen LogP contribution < -0.4 is 0 Å². The van der Waals surface area contributed by atoms with Crippen molar-refractivity contribution in [3.8, 4) is 0 Å². The van der Waals surface area contributed by atoms with Gasteiger partial charge in [-0.15, -0.1) is 0 Å². The maximum atomic E-state index is 12.6. The van der Waals surface area contributed by atoms with E-state index in [2.05, 4.69) is 15.9 Å². The van der Waals surface area contributed by atoms with Crippen molar-refractivity contribution in [2.24, 2.45) is 5.92 Å². The second-order valence-corrected chi connectivity index (χ2v) is 5.22. The topological polar surface area (TPSA) is 20.2 Å². The van der Waals surface area contributed by atoms with Crippen LogP contribution in [0.2, 0.25) is 0 Å². The van der Waals surface area contributed by atoms with Gasteiger partial charge in [-0.1, -0.05) is 22.4 Å². The molecule has 1 aliphatic carbocycles. The van der Waals surface area contributed by atoms with Crippen molar-refractivity contribution in [3.63, 3.8) is 0 Å². The van der Waals surface area contributed by atoms with E-state index in [1.165, 1.54) is 6.07 Å². The van der Waals surface area contributed by atoms with Crippen molar-refractivity contribution in [3.05, 3.63) is 33.8 Å². The molecule has 0 radical (unpaired) electrons. The molecule has 0 amide bonds. The van der Waals surface area contributed by atoms with Crippen molar-refractivity contribution < 1.29 is 18.3 Å². The van der Waals surface area contributed by atoms with E-state index in [1.807, 2.05) is 0 Å². The number of alkyl halides is 3. The maximum Gasteiger partial charge on any atom is 0.416 e. The summed E-state index contributed by atoms with van der Waals surface area (Å²) in [6.45, 7) is 0. The highest BCUT2D eigenvalue weighted by atomic mass is 79.9. The molecule has 1 fully saturated rings. The smallest absolute Gasteiger partial charge is 0.388 e. The maximum absolute atomic E-state index is 12.6. The van der Waals surface area contributed by atoms with Crippen LogP contribution in [-0.2, 0) is 6.18 Å². The largest absolute Gasteiger partial charge is 0.416 e. The van der Waals surface area contributed by atoms with Crippen LogP contribution in [0.1, 0.15) is 36.5 Å². The van der Waals surface area contributed by atoms with E-state index < -0.39 is 17.8 Å². The third-order valence-electron chi connectivity index (χ3n) is 3.24. The van der Waals surface area contributed by atoms with Gasteiger partial charge in [-0.25, -0.2) is 0 Å². The van der Waals surface area contributed by atoms with Crippen LogP contribution >= 0.6 is 15.9 Å². The number of halogens is 4. The first kappa shape index (κ1) is 12.9. The Morgan fingerprint density at radius 1 is 1.29 bits per heavy atom. The summed E-state index contributed by atoms with van der Waals surface area (Å²) < 4.78 is 38.2. The van der Waals surface area contributed by atoms with Gasteiger partial charge in [0.25, 0.3) is 0 Å². The van der Waals surface area contributed by atoms with Crippen molar-refractivity contribution in [1.29, 1.82) is 0 Å². The number of benzene rings is 1. The molecule has 0 heterocycles. The van der Waals surface area contributed by atoms with Gasteiger partial charge in [-0.05, 0) is 42.5 Å². The SMILES string of the molecule is OC(c1cc(C(F)(F)F)ccc1Br)C1CCC1. The Kier molecular flexibility index (Phi) is 3.50. The predicted octanol–water partition coefficient (Wildman–Crippen LogP) is 4.30. The Labute approximate surface area is 106 Å². The van der Waals surface area contributed by atoms with E-state index in [0.29, 0.717) is 10.0 Å². The van der Waals surface area contributed by atoms with E-state index in [9.17, 15) is 18.3 Å². The van der Waals surface area contributed by atoms with Crippen molar-refractivity contribution in [2.75, 3.05) is 0 Å². The molecule has 0 aliphatic heterocycles. The Hall–Kier alpha value is -0.550. The van der Waals surface area contributed by atoms with Crippen LogP contribution in [0.25, 0.3) is 0 Å². The zero-order valence-electron chi connectivity index (χ0n) is 8.97. The lowest BCUT2D eigenvalue weighted by Crippen LogP contribution is -2.20. The number of aliphatic hydroxyl groups is 1. The van der Waals surface area contributed by atoms with Gasteiger partial charge in [0, 0.05) is 4.47 Å². The van der Waals surface area contributed by atoms with E-state index in [0.717, 1.165) is 31.4 Å². The highest BCUT2D eigenvalue weighted by molar-refractivity contribution is 9.10. The second kappa shape index (κ2) is 4.61. The molecule has 0 aromatic heterocycles. The summed E-state index contributed by atoms with van der Waals surface area (Å²) in [6.07, 6.45) is -2.37. The summed E-state index contributed by atoms with van der Waals surface area (Å²) in [6, 6.07) is 3.40. The lowest BCUT2D eigenvalue weighted by molar-refractivity contribution is -0.137. The molecule has 0 saturated heterocycles. The summed E-state index contributed by atoms with van der Waals surface area (Å²) in [7, 11) is 0. The van der Waals surface area contributed by atoms with Crippen LogP contribution in [0.15, 0.2) is 22.7 Å². The predicted molar refractivity (Wildman–Crippen MR) is 61.4 cm³/mol. The number of hydrogen-bond donors (Lipinski definition) is 1. The molecular weight excluding hydrogens is 297 g/mol. The van der Waals surface area contributed by atoms with Crippen LogP contribution in [-0.4, -0.2) is 5.11 Å². The molecule has 5 heteroatoms. The highest BCUT2D eigenvalue weighted by Crippen LogP contribution is 2.41. The molecule has 17 heavy (non-hydrogen) atoms. The molecule has 1 aromatic carbocycles. The normalized spacial score (nSPS) is 18.9. The minimum Gasteiger partial charge on any atom is -0.388 e. The first-order chi connectivity index (χ1) is 7.89. The van der Waals surface area contributed by atoms with Crippen LogP contribution in [0, 0.1) is 5.92 Å². The lowest BCUT2D eigenvalue weighted by atomic mass is 9.78. The molecule has 1 N–H and O–H groups in total. The molecule has 1 atom stereocenters. The van der Waals surface area contributed by atoms with Gasteiger partial charge in [-0.2, -0.15) is 13.2 Å². The molecule has 1 aromatic rings. The second-order valence-electron chi connectivity index (χ2n) is 4.37. The molecule has 2 rings (SSSR count). The summed E-state index contributed by atoms with van der Waals surface area (Å²) in [5, 5.41) is 10.0. The highest BCUT2D eigenvalue weighted by Gasteiger charge is 2.33. The van der Waals surface area contributed by atoms with Crippen molar-refractivity contribution in [2.45, 2.75) is 31.5 Å². The number of hydrogen-bond acceptors (Lipinski definition) is 1. The minimum atomic E-state index is -4.37. The van der Waals surface area contributed by atoms with Gasteiger partial charge < -0.3 is 5.11 Å². The molecule has 1 nitrogen and oxygen atoms in total. The quantitative estimate of drug-likeness (QED) is 0.863.